The standard InChI is InChI=1S/C11H12O6S/c12-10(13)5-2-6-18(16,17)9-4-1-3-8(7-9)11(14)15/h1,3-4,7H,2,5-6H2,(H,12,13)(H,14,15). The Labute approximate surface area is 104 Å². The maximum Gasteiger partial charge on any atom is 0.335 e. The molecule has 0 unspecified atom stereocenters. The summed E-state index contributed by atoms with van der Waals surface area (Å²) < 4.78 is 23.6. The zero-order chi connectivity index (χ0) is 13.8. The third-order valence-corrected chi connectivity index (χ3v) is 4.04. The van der Waals surface area contributed by atoms with Gasteiger partial charge in [0.05, 0.1) is 16.2 Å². The van der Waals surface area contributed by atoms with Crippen LogP contribution in [0.5, 0.6) is 0 Å². The number of benzene rings is 1. The Morgan fingerprint density at radius 3 is 2.39 bits per heavy atom. The third kappa shape index (κ3) is 3.85. The van der Waals surface area contributed by atoms with E-state index in [0.29, 0.717) is 0 Å². The number of sulfone groups is 1. The first kappa shape index (κ1) is 14.2. The van der Waals surface area contributed by atoms with Gasteiger partial charge in [0, 0.05) is 6.42 Å². The van der Waals surface area contributed by atoms with Crippen LogP contribution in [0.25, 0.3) is 0 Å². The van der Waals surface area contributed by atoms with Gasteiger partial charge in [0.25, 0.3) is 0 Å². The highest BCUT2D eigenvalue weighted by Crippen LogP contribution is 2.14. The molecule has 0 aromatic heterocycles. The Morgan fingerprint density at radius 2 is 1.83 bits per heavy atom. The second-order valence-electron chi connectivity index (χ2n) is 3.65. The van der Waals surface area contributed by atoms with E-state index < -0.39 is 21.8 Å². The van der Waals surface area contributed by atoms with E-state index in [1.807, 2.05) is 0 Å². The average molecular weight is 272 g/mol. The lowest BCUT2D eigenvalue weighted by atomic mass is 10.2. The molecule has 0 fully saturated rings. The van der Waals surface area contributed by atoms with Crippen LogP contribution in [0.2, 0.25) is 0 Å². The van der Waals surface area contributed by atoms with Gasteiger partial charge in [-0.15, -0.1) is 0 Å². The highest BCUT2D eigenvalue weighted by Gasteiger charge is 2.16. The number of hydrogen-bond acceptors (Lipinski definition) is 4. The minimum absolute atomic E-state index is 0.00499. The molecule has 0 atom stereocenters. The van der Waals surface area contributed by atoms with Crippen LogP contribution < -0.4 is 0 Å². The molecule has 18 heavy (non-hydrogen) atoms. The zero-order valence-electron chi connectivity index (χ0n) is 9.37. The lowest BCUT2D eigenvalue weighted by molar-refractivity contribution is -0.137. The molecule has 6 nitrogen and oxygen atoms in total. The Hall–Kier alpha value is -1.89. The molecule has 0 spiro atoms. The van der Waals surface area contributed by atoms with Gasteiger partial charge in [0.15, 0.2) is 9.84 Å². The summed E-state index contributed by atoms with van der Waals surface area (Å²) in [6.07, 6.45) is -0.243. The summed E-state index contributed by atoms with van der Waals surface area (Å²) in [5, 5.41) is 17.2. The van der Waals surface area contributed by atoms with Crippen molar-refractivity contribution in [3.8, 4) is 0 Å². The van der Waals surface area contributed by atoms with Crippen molar-refractivity contribution in [1.29, 1.82) is 0 Å². The molecule has 2 N–H and O–H groups in total. The second-order valence-corrected chi connectivity index (χ2v) is 5.76. The van der Waals surface area contributed by atoms with Gasteiger partial charge in [-0.05, 0) is 24.6 Å². The van der Waals surface area contributed by atoms with Gasteiger partial charge in [0.1, 0.15) is 0 Å². The van der Waals surface area contributed by atoms with Crippen LogP contribution in [0.3, 0.4) is 0 Å². The van der Waals surface area contributed by atoms with Gasteiger partial charge < -0.3 is 10.2 Å². The Balaban J connectivity index is 2.88. The molecule has 0 amide bonds. The molecule has 0 heterocycles. The van der Waals surface area contributed by atoms with Gasteiger partial charge >= 0.3 is 11.9 Å². The first-order chi connectivity index (χ1) is 8.33. The summed E-state index contributed by atoms with van der Waals surface area (Å²) >= 11 is 0. The minimum Gasteiger partial charge on any atom is -0.481 e. The van der Waals surface area contributed by atoms with E-state index in [4.69, 9.17) is 10.2 Å². The zero-order valence-corrected chi connectivity index (χ0v) is 10.2. The molecule has 1 rings (SSSR count). The highest BCUT2D eigenvalue weighted by molar-refractivity contribution is 7.91. The van der Waals surface area contributed by atoms with Gasteiger partial charge in [0.2, 0.25) is 0 Å². The topological polar surface area (TPSA) is 109 Å². The molecule has 0 aliphatic rings. The van der Waals surface area contributed by atoms with Crippen molar-refractivity contribution < 1.29 is 28.2 Å². The van der Waals surface area contributed by atoms with Crippen LogP contribution >= 0.6 is 0 Å². The fraction of sp³-hybridized carbons (Fsp3) is 0.273. The average Bonchev–Trinajstić information content (AvgIpc) is 2.28. The quantitative estimate of drug-likeness (QED) is 0.800. The van der Waals surface area contributed by atoms with Crippen LogP contribution in [-0.2, 0) is 14.6 Å². The lowest BCUT2D eigenvalue weighted by Gasteiger charge is -2.04. The number of rotatable bonds is 6. The summed E-state index contributed by atoms with van der Waals surface area (Å²) in [5.41, 5.74) is -0.116. The summed E-state index contributed by atoms with van der Waals surface area (Å²) in [4.78, 5) is 20.9. The van der Waals surface area contributed by atoms with E-state index in [9.17, 15) is 18.0 Å². The second kappa shape index (κ2) is 5.63. The predicted molar refractivity (Wildman–Crippen MR) is 62.3 cm³/mol. The van der Waals surface area contributed by atoms with Gasteiger partial charge in [-0.2, -0.15) is 0 Å². The Bertz CT molecular complexity index is 561. The molecule has 98 valence electrons. The van der Waals surface area contributed by atoms with Gasteiger partial charge in [-0.1, -0.05) is 6.07 Å². The van der Waals surface area contributed by atoms with Crippen molar-refractivity contribution in [3.05, 3.63) is 29.8 Å². The van der Waals surface area contributed by atoms with Crippen LogP contribution in [0.1, 0.15) is 23.2 Å². The summed E-state index contributed by atoms with van der Waals surface area (Å²) in [6.45, 7) is 0. The minimum atomic E-state index is -3.64. The molecule has 1 aromatic carbocycles. The van der Waals surface area contributed by atoms with Gasteiger partial charge in [-0.25, -0.2) is 13.2 Å². The number of aromatic carboxylic acids is 1. The smallest absolute Gasteiger partial charge is 0.335 e. The molecule has 0 aliphatic carbocycles. The fourth-order valence-electron chi connectivity index (χ4n) is 1.35. The van der Waals surface area contributed by atoms with Crippen LogP contribution in [0, 0.1) is 0 Å². The maximum absolute atomic E-state index is 11.8. The van der Waals surface area contributed by atoms with E-state index in [0.717, 1.165) is 6.07 Å². The summed E-state index contributed by atoms with van der Waals surface area (Å²) in [7, 11) is -3.64. The van der Waals surface area contributed by atoms with Crippen molar-refractivity contribution >= 4 is 21.8 Å². The van der Waals surface area contributed by atoms with Crippen molar-refractivity contribution in [2.75, 3.05) is 5.75 Å². The van der Waals surface area contributed by atoms with Crippen molar-refractivity contribution in [2.24, 2.45) is 0 Å². The third-order valence-electron chi connectivity index (χ3n) is 2.24. The molecule has 0 aliphatic heterocycles. The fourth-order valence-corrected chi connectivity index (χ4v) is 2.71. The van der Waals surface area contributed by atoms with E-state index in [2.05, 4.69) is 0 Å². The monoisotopic (exact) mass is 272 g/mol. The van der Waals surface area contributed by atoms with Crippen molar-refractivity contribution in [3.63, 3.8) is 0 Å². The maximum atomic E-state index is 11.8. The first-order valence-corrected chi connectivity index (χ1v) is 6.76. The number of carbonyl (C=O) groups is 2. The molecule has 0 saturated heterocycles. The van der Waals surface area contributed by atoms with E-state index in [1.54, 1.807) is 0 Å². The molecule has 0 saturated carbocycles. The summed E-state index contributed by atoms with van der Waals surface area (Å²) in [6, 6.07) is 4.99. The van der Waals surface area contributed by atoms with Crippen LogP contribution in [0.15, 0.2) is 29.2 Å². The van der Waals surface area contributed by atoms with Crippen LogP contribution in [-0.4, -0.2) is 36.3 Å². The summed E-state index contributed by atoms with van der Waals surface area (Å²) in [5.74, 6) is -2.59. The van der Waals surface area contributed by atoms with E-state index in [1.165, 1.54) is 18.2 Å². The largest absolute Gasteiger partial charge is 0.481 e. The molecule has 0 radical (unpaired) electrons. The lowest BCUT2D eigenvalue weighted by Crippen LogP contribution is -2.09. The van der Waals surface area contributed by atoms with E-state index in [-0.39, 0.29) is 29.1 Å². The molecular weight excluding hydrogens is 260 g/mol. The Morgan fingerprint density at radius 1 is 1.17 bits per heavy atom. The molecule has 1 aromatic rings. The number of carboxylic acids is 2. The SMILES string of the molecule is O=C(O)CCCS(=O)(=O)c1cccc(C(=O)O)c1. The predicted octanol–water partition coefficient (Wildman–Crippen LogP) is 1.02. The number of carboxylic acid groups (broad SMARTS) is 2. The van der Waals surface area contributed by atoms with Crippen molar-refractivity contribution in [2.45, 2.75) is 17.7 Å². The van der Waals surface area contributed by atoms with Gasteiger partial charge in [-0.3, -0.25) is 4.79 Å². The highest BCUT2D eigenvalue weighted by atomic mass is 32.2. The van der Waals surface area contributed by atoms with Crippen molar-refractivity contribution in [1.82, 2.24) is 0 Å². The normalized spacial score (nSPS) is 11.1. The number of aliphatic carboxylic acids is 1. The Kier molecular flexibility index (Phi) is 4.43. The molecule has 0 bridgehead atoms. The number of hydrogen-bond donors (Lipinski definition) is 2. The molecular formula is C11H12O6S. The van der Waals surface area contributed by atoms with Crippen LogP contribution in [0.4, 0.5) is 0 Å². The molecule has 7 heteroatoms. The van der Waals surface area contributed by atoms with E-state index >= 15 is 0 Å². The first-order valence-electron chi connectivity index (χ1n) is 5.11.